The van der Waals surface area contributed by atoms with E-state index in [-0.39, 0.29) is 11.4 Å². The van der Waals surface area contributed by atoms with Crippen LogP contribution in [0.3, 0.4) is 0 Å². The van der Waals surface area contributed by atoms with Crippen molar-refractivity contribution in [3.63, 3.8) is 0 Å². The fourth-order valence-corrected chi connectivity index (χ4v) is 3.33. The summed E-state index contributed by atoms with van der Waals surface area (Å²) >= 11 is 21.8. The second-order valence-corrected chi connectivity index (χ2v) is 6.90. The largest absolute Gasteiger partial charge is 0.419 e. The Labute approximate surface area is 184 Å². The van der Waals surface area contributed by atoms with Crippen molar-refractivity contribution in [2.45, 2.75) is 12.4 Å². The Bertz CT molecular complexity index is 1040. The van der Waals surface area contributed by atoms with Crippen LogP contribution in [0.25, 0.3) is 5.69 Å². The number of nitrogen functional groups attached to an aromatic ring is 1. The quantitative estimate of drug-likeness (QED) is 0.295. The van der Waals surface area contributed by atoms with Gasteiger partial charge in [-0.2, -0.15) is 31.0 Å². The standard InChI is InChI=1S/C8H3Cl2F3N4.C7H4Cl2F3N/c9-4-1-2-5(17-3-14-15-16-17)7(10)6(4)8(11,12)13;8-3-1-2-4(13)6(9)5(3)7(10,11)12/h1-3H;1-2H,13H2. The molecule has 0 saturated carbocycles. The summed E-state index contributed by atoms with van der Waals surface area (Å²) in [5, 5.41) is 8.06. The fourth-order valence-electron chi connectivity index (χ4n) is 2.08. The molecule has 5 nitrogen and oxygen atoms in total. The molecule has 0 saturated heterocycles. The molecule has 2 N–H and O–H groups in total. The molecule has 3 aromatic rings. The maximum absolute atomic E-state index is 12.7. The number of nitrogens with zero attached hydrogens (tertiary/aromatic N) is 4. The summed E-state index contributed by atoms with van der Waals surface area (Å²) < 4.78 is 75.9. The lowest BCUT2D eigenvalue weighted by molar-refractivity contribution is -0.138. The summed E-state index contributed by atoms with van der Waals surface area (Å²) in [5.74, 6) is 0. The average molecular weight is 513 g/mol. The molecule has 0 atom stereocenters. The number of alkyl halides is 6. The number of anilines is 1. The Balaban J connectivity index is 0.000000222. The molecule has 162 valence electrons. The highest BCUT2D eigenvalue weighted by atomic mass is 35.5. The van der Waals surface area contributed by atoms with Gasteiger partial charge in [0.25, 0.3) is 0 Å². The van der Waals surface area contributed by atoms with E-state index in [9.17, 15) is 26.3 Å². The Morgan fingerprint density at radius 2 is 1.27 bits per heavy atom. The first kappa shape index (κ1) is 24.3. The molecule has 0 bridgehead atoms. The summed E-state index contributed by atoms with van der Waals surface area (Å²) in [5.41, 5.74) is 2.87. The van der Waals surface area contributed by atoms with Gasteiger partial charge in [-0.25, -0.2) is 0 Å². The van der Waals surface area contributed by atoms with Crippen LogP contribution in [0.5, 0.6) is 0 Å². The topological polar surface area (TPSA) is 69.6 Å². The SMILES string of the molecule is FC(F)(F)c1c(Cl)ccc(-n2cnnn2)c1Cl.Nc1ccc(Cl)c(C(F)(F)F)c1Cl. The van der Waals surface area contributed by atoms with Gasteiger partial charge >= 0.3 is 12.4 Å². The number of tetrazole rings is 1. The Kier molecular flexibility index (Phi) is 7.33. The van der Waals surface area contributed by atoms with Crippen LogP contribution in [-0.4, -0.2) is 20.2 Å². The lowest BCUT2D eigenvalue weighted by Gasteiger charge is -2.13. The molecule has 0 aliphatic rings. The number of rotatable bonds is 1. The molecule has 0 unspecified atom stereocenters. The zero-order valence-electron chi connectivity index (χ0n) is 14.0. The lowest BCUT2D eigenvalue weighted by atomic mass is 10.2. The van der Waals surface area contributed by atoms with E-state index < -0.39 is 43.6 Å². The second kappa shape index (κ2) is 9.04. The average Bonchev–Trinajstić information content (AvgIpc) is 3.11. The number of halogens is 10. The number of benzene rings is 2. The van der Waals surface area contributed by atoms with Gasteiger partial charge in [0.2, 0.25) is 0 Å². The zero-order chi connectivity index (χ0) is 22.9. The molecule has 1 aromatic heterocycles. The lowest BCUT2D eigenvalue weighted by Crippen LogP contribution is -2.09. The van der Waals surface area contributed by atoms with Crippen molar-refractivity contribution in [1.82, 2.24) is 20.2 Å². The first-order valence-corrected chi connectivity index (χ1v) is 8.85. The molecule has 1 heterocycles. The van der Waals surface area contributed by atoms with Gasteiger partial charge in [0.15, 0.2) is 0 Å². The Morgan fingerprint density at radius 3 is 1.70 bits per heavy atom. The van der Waals surface area contributed by atoms with Gasteiger partial charge in [-0.05, 0) is 34.7 Å². The first-order chi connectivity index (χ1) is 13.7. The highest BCUT2D eigenvalue weighted by Crippen LogP contribution is 2.42. The van der Waals surface area contributed by atoms with Crippen molar-refractivity contribution in [3.8, 4) is 5.69 Å². The van der Waals surface area contributed by atoms with E-state index in [1.54, 1.807) is 0 Å². The molecule has 0 spiro atoms. The highest BCUT2D eigenvalue weighted by molar-refractivity contribution is 6.38. The van der Waals surface area contributed by atoms with Crippen LogP contribution in [0.1, 0.15) is 11.1 Å². The zero-order valence-corrected chi connectivity index (χ0v) is 17.1. The van der Waals surface area contributed by atoms with Crippen LogP contribution in [0.4, 0.5) is 32.0 Å². The second-order valence-electron chi connectivity index (χ2n) is 5.33. The van der Waals surface area contributed by atoms with E-state index in [2.05, 4.69) is 15.5 Å². The van der Waals surface area contributed by atoms with Crippen LogP contribution in [0.2, 0.25) is 20.1 Å². The summed E-state index contributed by atoms with van der Waals surface area (Å²) in [4.78, 5) is 0. The van der Waals surface area contributed by atoms with Crippen LogP contribution in [-0.2, 0) is 12.4 Å². The highest BCUT2D eigenvalue weighted by Gasteiger charge is 2.37. The van der Waals surface area contributed by atoms with Crippen molar-refractivity contribution in [2.24, 2.45) is 0 Å². The van der Waals surface area contributed by atoms with Crippen molar-refractivity contribution in [3.05, 3.63) is 61.8 Å². The van der Waals surface area contributed by atoms with Gasteiger partial charge < -0.3 is 5.73 Å². The molecule has 3 rings (SSSR count). The van der Waals surface area contributed by atoms with E-state index in [4.69, 9.17) is 52.1 Å². The molecular formula is C15H7Cl4F6N5. The summed E-state index contributed by atoms with van der Waals surface area (Å²) in [6.07, 6.45) is -8.09. The number of hydrogen-bond donors (Lipinski definition) is 1. The van der Waals surface area contributed by atoms with Crippen molar-refractivity contribution in [1.29, 1.82) is 0 Å². The molecular weight excluding hydrogens is 506 g/mol. The van der Waals surface area contributed by atoms with Crippen molar-refractivity contribution in [2.75, 3.05) is 5.73 Å². The first-order valence-electron chi connectivity index (χ1n) is 7.34. The minimum Gasteiger partial charge on any atom is -0.398 e. The van der Waals surface area contributed by atoms with Gasteiger partial charge in [0.05, 0.1) is 42.6 Å². The fraction of sp³-hybridized carbons (Fsp3) is 0.133. The maximum Gasteiger partial charge on any atom is 0.419 e. The third-order valence-electron chi connectivity index (χ3n) is 3.35. The molecule has 30 heavy (non-hydrogen) atoms. The molecule has 0 aliphatic carbocycles. The predicted molar refractivity (Wildman–Crippen MR) is 100 cm³/mol. The van der Waals surface area contributed by atoms with Gasteiger partial charge in [-0.15, -0.1) is 5.10 Å². The normalized spacial score (nSPS) is 11.8. The van der Waals surface area contributed by atoms with Crippen LogP contribution in [0.15, 0.2) is 30.6 Å². The van der Waals surface area contributed by atoms with Gasteiger partial charge in [0.1, 0.15) is 6.33 Å². The van der Waals surface area contributed by atoms with Crippen LogP contribution in [0, 0.1) is 0 Å². The predicted octanol–water partition coefficient (Wildman–Crippen LogP) is 6.58. The van der Waals surface area contributed by atoms with Gasteiger partial charge in [-0.3, -0.25) is 0 Å². The molecule has 0 aliphatic heterocycles. The molecule has 15 heteroatoms. The van der Waals surface area contributed by atoms with E-state index in [1.165, 1.54) is 12.1 Å². The maximum atomic E-state index is 12.7. The third-order valence-corrected chi connectivity index (χ3v) is 4.77. The number of hydrogen-bond acceptors (Lipinski definition) is 4. The smallest absolute Gasteiger partial charge is 0.398 e. The van der Waals surface area contributed by atoms with Crippen molar-refractivity contribution < 1.29 is 26.3 Å². The monoisotopic (exact) mass is 511 g/mol. The summed E-state index contributed by atoms with van der Waals surface area (Å²) in [7, 11) is 0. The van der Waals surface area contributed by atoms with Crippen LogP contribution >= 0.6 is 46.4 Å². The Hall–Kier alpha value is -1.95. The number of aromatic nitrogens is 4. The molecule has 0 radical (unpaired) electrons. The summed E-state index contributed by atoms with van der Waals surface area (Å²) in [6, 6.07) is 4.68. The number of nitrogens with two attached hydrogens (primary N) is 1. The van der Waals surface area contributed by atoms with E-state index in [0.29, 0.717) is 0 Å². The minimum absolute atomic E-state index is 0.00777. The molecule has 0 fully saturated rings. The summed E-state index contributed by atoms with van der Waals surface area (Å²) in [6.45, 7) is 0. The van der Waals surface area contributed by atoms with E-state index in [0.717, 1.165) is 23.1 Å². The third kappa shape index (κ3) is 5.39. The minimum atomic E-state index is -4.64. The van der Waals surface area contributed by atoms with E-state index >= 15 is 0 Å². The molecule has 0 amide bonds. The molecule has 2 aromatic carbocycles. The van der Waals surface area contributed by atoms with E-state index in [1.807, 2.05) is 0 Å². The van der Waals surface area contributed by atoms with Crippen molar-refractivity contribution >= 4 is 52.1 Å². The van der Waals surface area contributed by atoms with Gasteiger partial charge in [-0.1, -0.05) is 46.4 Å². The van der Waals surface area contributed by atoms with Gasteiger partial charge in [0, 0.05) is 0 Å². The Morgan fingerprint density at radius 1 is 0.767 bits per heavy atom. The van der Waals surface area contributed by atoms with Crippen LogP contribution < -0.4 is 5.73 Å².